The van der Waals surface area contributed by atoms with Crippen molar-refractivity contribution in [2.45, 2.75) is 31.6 Å². The standard InChI is InChI=1S/C18H19N3O3S/c1-3-21-17(23)13-7-4-5-8-14(13)20-18(21)25-11-16(22)19-12(2)15-9-6-10-24-15/h4-10,12H,3,11H2,1-2H3,(H,19,22). The van der Waals surface area contributed by atoms with Crippen LogP contribution in [0, 0.1) is 0 Å². The third kappa shape index (κ3) is 3.76. The number of thioether (sulfide) groups is 1. The van der Waals surface area contributed by atoms with E-state index in [0.717, 1.165) is 0 Å². The van der Waals surface area contributed by atoms with Crippen molar-refractivity contribution in [3.63, 3.8) is 0 Å². The molecule has 1 N–H and O–H groups in total. The Bertz CT molecular complexity index is 934. The van der Waals surface area contributed by atoms with Gasteiger partial charge in [0.1, 0.15) is 5.76 Å². The second-order valence-electron chi connectivity index (χ2n) is 5.55. The summed E-state index contributed by atoms with van der Waals surface area (Å²) in [4.78, 5) is 29.3. The third-order valence-corrected chi connectivity index (χ3v) is 4.80. The summed E-state index contributed by atoms with van der Waals surface area (Å²) in [6.07, 6.45) is 1.58. The Morgan fingerprint density at radius 3 is 2.84 bits per heavy atom. The Balaban J connectivity index is 1.74. The largest absolute Gasteiger partial charge is 0.467 e. The molecular weight excluding hydrogens is 338 g/mol. The molecule has 2 aromatic heterocycles. The highest BCUT2D eigenvalue weighted by Crippen LogP contribution is 2.18. The van der Waals surface area contributed by atoms with E-state index in [0.29, 0.717) is 28.4 Å². The lowest BCUT2D eigenvalue weighted by molar-refractivity contribution is -0.119. The van der Waals surface area contributed by atoms with Gasteiger partial charge in [0.2, 0.25) is 5.91 Å². The van der Waals surface area contributed by atoms with E-state index in [1.807, 2.05) is 32.0 Å². The minimum absolute atomic E-state index is 0.0834. The highest BCUT2D eigenvalue weighted by atomic mass is 32.2. The van der Waals surface area contributed by atoms with Gasteiger partial charge in [-0.1, -0.05) is 23.9 Å². The summed E-state index contributed by atoms with van der Waals surface area (Å²) in [6, 6.07) is 10.6. The summed E-state index contributed by atoms with van der Waals surface area (Å²) >= 11 is 1.26. The predicted molar refractivity (Wildman–Crippen MR) is 97.7 cm³/mol. The fourth-order valence-electron chi connectivity index (χ4n) is 2.56. The van der Waals surface area contributed by atoms with Gasteiger partial charge in [-0.05, 0) is 38.1 Å². The first-order chi connectivity index (χ1) is 12.1. The first kappa shape index (κ1) is 17.3. The Labute approximate surface area is 149 Å². The smallest absolute Gasteiger partial charge is 0.262 e. The topological polar surface area (TPSA) is 77.1 Å². The maximum Gasteiger partial charge on any atom is 0.262 e. The van der Waals surface area contributed by atoms with E-state index < -0.39 is 0 Å². The maximum atomic E-state index is 12.6. The first-order valence-corrected chi connectivity index (χ1v) is 9.04. The monoisotopic (exact) mass is 357 g/mol. The van der Waals surface area contributed by atoms with Crippen LogP contribution in [0.1, 0.15) is 25.6 Å². The van der Waals surface area contributed by atoms with Crippen LogP contribution in [0.3, 0.4) is 0 Å². The number of para-hydroxylation sites is 1. The van der Waals surface area contributed by atoms with Gasteiger partial charge in [-0.25, -0.2) is 4.98 Å². The van der Waals surface area contributed by atoms with Crippen molar-refractivity contribution in [2.24, 2.45) is 0 Å². The second kappa shape index (κ2) is 7.57. The molecule has 0 aliphatic heterocycles. The Morgan fingerprint density at radius 2 is 2.12 bits per heavy atom. The molecule has 130 valence electrons. The molecule has 0 fully saturated rings. The van der Waals surface area contributed by atoms with Crippen molar-refractivity contribution in [3.8, 4) is 0 Å². The van der Waals surface area contributed by atoms with Crippen molar-refractivity contribution < 1.29 is 9.21 Å². The van der Waals surface area contributed by atoms with Crippen molar-refractivity contribution in [3.05, 3.63) is 58.8 Å². The summed E-state index contributed by atoms with van der Waals surface area (Å²) < 4.78 is 6.87. The van der Waals surface area contributed by atoms with Crippen molar-refractivity contribution in [1.82, 2.24) is 14.9 Å². The number of hydrogen-bond acceptors (Lipinski definition) is 5. The zero-order valence-electron chi connectivity index (χ0n) is 14.1. The number of rotatable bonds is 6. The minimum Gasteiger partial charge on any atom is -0.467 e. The molecule has 1 unspecified atom stereocenters. The Kier molecular flexibility index (Phi) is 5.23. The molecule has 0 aliphatic carbocycles. The van der Waals surface area contributed by atoms with Crippen molar-refractivity contribution in [2.75, 3.05) is 5.75 Å². The van der Waals surface area contributed by atoms with E-state index in [4.69, 9.17) is 4.42 Å². The SMILES string of the molecule is CCn1c(SCC(=O)NC(C)c2ccco2)nc2ccccc2c1=O. The Morgan fingerprint density at radius 1 is 1.32 bits per heavy atom. The number of carbonyl (C=O) groups excluding carboxylic acids is 1. The fourth-order valence-corrected chi connectivity index (χ4v) is 3.43. The average Bonchev–Trinajstić information content (AvgIpc) is 3.15. The number of fused-ring (bicyclic) bond motifs is 1. The normalized spacial score (nSPS) is 12.2. The number of hydrogen-bond donors (Lipinski definition) is 1. The van der Waals surface area contributed by atoms with Crippen LogP contribution in [-0.4, -0.2) is 21.2 Å². The number of nitrogens with zero attached hydrogens (tertiary/aromatic N) is 2. The van der Waals surface area contributed by atoms with Crippen LogP contribution in [-0.2, 0) is 11.3 Å². The van der Waals surface area contributed by atoms with Crippen LogP contribution >= 0.6 is 11.8 Å². The summed E-state index contributed by atoms with van der Waals surface area (Å²) in [5, 5.41) is 4.01. The molecule has 0 spiro atoms. The van der Waals surface area contributed by atoms with Crippen LogP contribution in [0.5, 0.6) is 0 Å². The predicted octanol–water partition coefficient (Wildman–Crippen LogP) is 2.98. The van der Waals surface area contributed by atoms with Gasteiger partial charge in [0.05, 0.1) is 29.0 Å². The van der Waals surface area contributed by atoms with E-state index in [-0.39, 0.29) is 23.3 Å². The van der Waals surface area contributed by atoms with E-state index in [2.05, 4.69) is 10.3 Å². The van der Waals surface area contributed by atoms with Gasteiger partial charge < -0.3 is 9.73 Å². The quantitative estimate of drug-likeness (QED) is 0.542. The van der Waals surface area contributed by atoms with Crippen LogP contribution in [0.4, 0.5) is 0 Å². The molecule has 25 heavy (non-hydrogen) atoms. The van der Waals surface area contributed by atoms with Crippen molar-refractivity contribution >= 4 is 28.6 Å². The summed E-state index contributed by atoms with van der Waals surface area (Å²) in [5.74, 6) is 0.738. The number of aromatic nitrogens is 2. The highest BCUT2D eigenvalue weighted by Gasteiger charge is 2.15. The fraction of sp³-hybridized carbons (Fsp3) is 0.278. The molecule has 0 radical (unpaired) electrons. The molecule has 6 nitrogen and oxygen atoms in total. The highest BCUT2D eigenvalue weighted by molar-refractivity contribution is 7.99. The maximum absolute atomic E-state index is 12.6. The summed E-state index contributed by atoms with van der Waals surface area (Å²) in [7, 11) is 0. The molecule has 1 atom stereocenters. The molecule has 2 heterocycles. The lowest BCUT2D eigenvalue weighted by atomic mass is 10.2. The van der Waals surface area contributed by atoms with Gasteiger partial charge in [-0.15, -0.1) is 0 Å². The molecule has 3 rings (SSSR count). The molecule has 7 heteroatoms. The van der Waals surface area contributed by atoms with E-state index >= 15 is 0 Å². The van der Waals surface area contributed by atoms with Crippen LogP contribution in [0.2, 0.25) is 0 Å². The Hall–Kier alpha value is -2.54. The van der Waals surface area contributed by atoms with Gasteiger partial charge in [-0.2, -0.15) is 0 Å². The molecule has 0 saturated carbocycles. The molecule has 3 aromatic rings. The summed E-state index contributed by atoms with van der Waals surface area (Å²) in [5.41, 5.74) is 0.559. The van der Waals surface area contributed by atoms with Gasteiger partial charge in [-0.3, -0.25) is 14.2 Å². The third-order valence-electron chi connectivity index (χ3n) is 3.82. The van der Waals surface area contributed by atoms with Crippen LogP contribution in [0.25, 0.3) is 10.9 Å². The first-order valence-electron chi connectivity index (χ1n) is 8.05. The lowest BCUT2D eigenvalue weighted by Crippen LogP contribution is -2.29. The molecule has 0 aliphatic rings. The van der Waals surface area contributed by atoms with Gasteiger partial charge in [0.25, 0.3) is 5.56 Å². The van der Waals surface area contributed by atoms with Crippen molar-refractivity contribution in [1.29, 1.82) is 0 Å². The zero-order chi connectivity index (χ0) is 17.8. The second-order valence-corrected chi connectivity index (χ2v) is 6.50. The molecule has 0 bridgehead atoms. The average molecular weight is 357 g/mol. The number of nitrogens with one attached hydrogen (secondary N) is 1. The number of furan rings is 1. The molecule has 0 saturated heterocycles. The molecule has 1 amide bonds. The summed E-state index contributed by atoms with van der Waals surface area (Å²) in [6.45, 7) is 4.25. The molecule has 1 aromatic carbocycles. The van der Waals surface area contributed by atoms with E-state index in [1.54, 1.807) is 29.0 Å². The minimum atomic E-state index is -0.207. The van der Waals surface area contributed by atoms with Gasteiger partial charge in [0, 0.05) is 6.54 Å². The van der Waals surface area contributed by atoms with E-state index in [1.165, 1.54) is 11.8 Å². The number of carbonyl (C=O) groups is 1. The van der Waals surface area contributed by atoms with Crippen LogP contribution < -0.4 is 10.9 Å². The lowest BCUT2D eigenvalue weighted by Gasteiger charge is -2.13. The molecular formula is C18H19N3O3S. The number of amides is 1. The van der Waals surface area contributed by atoms with E-state index in [9.17, 15) is 9.59 Å². The zero-order valence-corrected chi connectivity index (χ0v) is 14.9. The van der Waals surface area contributed by atoms with Crippen LogP contribution in [0.15, 0.2) is 57.0 Å². The number of benzene rings is 1. The van der Waals surface area contributed by atoms with Gasteiger partial charge in [0.15, 0.2) is 5.16 Å². The van der Waals surface area contributed by atoms with Gasteiger partial charge >= 0.3 is 0 Å².